The van der Waals surface area contributed by atoms with Crippen molar-refractivity contribution in [3.8, 4) is 11.1 Å². The molecule has 1 saturated carbocycles. The van der Waals surface area contributed by atoms with Crippen molar-refractivity contribution in [2.45, 2.75) is 37.6 Å². The minimum absolute atomic E-state index is 0.0572. The van der Waals surface area contributed by atoms with Crippen LogP contribution in [-0.4, -0.2) is 51.2 Å². The Balaban J connectivity index is 1.76. The van der Waals surface area contributed by atoms with Crippen LogP contribution in [0.2, 0.25) is 0 Å². The van der Waals surface area contributed by atoms with Gasteiger partial charge < -0.3 is 9.80 Å². The van der Waals surface area contributed by atoms with Gasteiger partial charge in [0.25, 0.3) is 0 Å². The maximum absolute atomic E-state index is 13.0. The second kappa shape index (κ2) is 7.76. The van der Waals surface area contributed by atoms with Crippen molar-refractivity contribution in [3.05, 3.63) is 42.5 Å². The minimum atomic E-state index is -3.50. The molecule has 1 heterocycles. The number of hydrogen-bond donors (Lipinski definition) is 0. The number of amides is 2. The van der Waals surface area contributed by atoms with E-state index in [9.17, 15) is 18.0 Å². The Labute approximate surface area is 183 Å². The summed E-state index contributed by atoms with van der Waals surface area (Å²) in [4.78, 5) is 29.0. The lowest BCUT2D eigenvalue weighted by Crippen LogP contribution is -2.51. The lowest BCUT2D eigenvalue weighted by Gasteiger charge is -2.41. The quantitative estimate of drug-likeness (QED) is 0.730. The van der Waals surface area contributed by atoms with E-state index in [0.717, 1.165) is 35.3 Å². The maximum atomic E-state index is 13.0. The average molecular weight is 442 g/mol. The van der Waals surface area contributed by atoms with Gasteiger partial charge in [-0.2, -0.15) is 0 Å². The van der Waals surface area contributed by atoms with Crippen molar-refractivity contribution in [2.75, 3.05) is 30.4 Å². The van der Waals surface area contributed by atoms with Gasteiger partial charge in [-0.1, -0.05) is 18.2 Å². The fraction of sp³-hybridized carbons (Fsp3) is 0.391. The predicted molar refractivity (Wildman–Crippen MR) is 120 cm³/mol. The molecule has 0 bridgehead atoms. The molecule has 7 nitrogen and oxygen atoms in total. The third-order valence-corrected chi connectivity index (χ3v) is 7.74. The number of anilines is 2. The molecule has 2 aromatic carbocycles. The van der Waals surface area contributed by atoms with E-state index >= 15 is 0 Å². The van der Waals surface area contributed by atoms with E-state index in [1.54, 1.807) is 29.2 Å². The number of sulfonamides is 1. The molecule has 2 aromatic rings. The van der Waals surface area contributed by atoms with Gasteiger partial charge in [-0.05, 0) is 55.2 Å². The summed E-state index contributed by atoms with van der Waals surface area (Å²) in [6, 6.07) is 12.3. The zero-order valence-corrected chi connectivity index (χ0v) is 19.0. The summed E-state index contributed by atoms with van der Waals surface area (Å²) in [5.74, 6) is 0.127. The van der Waals surface area contributed by atoms with Crippen molar-refractivity contribution in [1.29, 1.82) is 0 Å². The highest BCUT2D eigenvalue weighted by Gasteiger charge is 2.39. The van der Waals surface area contributed by atoms with Gasteiger partial charge in [0.2, 0.25) is 21.8 Å². The molecule has 31 heavy (non-hydrogen) atoms. The van der Waals surface area contributed by atoms with Crippen molar-refractivity contribution in [3.63, 3.8) is 0 Å². The second-order valence-electron chi connectivity index (χ2n) is 8.48. The lowest BCUT2D eigenvalue weighted by molar-refractivity contribution is -0.120. The van der Waals surface area contributed by atoms with Gasteiger partial charge in [0.05, 0.1) is 22.3 Å². The van der Waals surface area contributed by atoms with Crippen molar-refractivity contribution < 1.29 is 18.0 Å². The van der Waals surface area contributed by atoms with E-state index in [4.69, 9.17) is 0 Å². The van der Waals surface area contributed by atoms with Gasteiger partial charge in [-0.3, -0.25) is 9.59 Å². The SMILES string of the molecule is CC(=O)N1c2ccc(-c3ccc(S(=O)(=O)N(C)C)cc3)cc2N(C(=O)C2CC2)CC1C. The summed E-state index contributed by atoms with van der Waals surface area (Å²) in [6.45, 7) is 3.96. The van der Waals surface area contributed by atoms with Gasteiger partial charge in [0, 0.05) is 33.5 Å². The van der Waals surface area contributed by atoms with E-state index in [-0.39, 0.29) is 28.7 Å². The Bertz CT molecular complexity index is 1140. The van der Waals surface area contributed by atoms with E-state index < -0.39 is 10.0 Å². The Morgan fingerprint density at radius 2 is 1.58 bits per heavy atom. The normalized spacial score (nSPS) is 18.8. The molecule has 1 aliphatic heterocycles. The van der Waals surface area contributed by atoms with Crippen LogP contribution in [0.4, 0.5) is 11.4 Å². The van der Waals surface area contributed by atoms with Gasteiger partial charge >= 0.3 is 0 Å². The molecule has 1 atom stereocenters. The summed E-state index contributed by atoms with van der Waals surface area (Å²) in [5, 5.41) is 0. The highest BCUT2D eigenvalue weighted by Crippen LogP contribution is 2.42. The number of benzene rings is 2. The third-order valence-electron chi connectivity index (χ3n) is 5.91. The molecule has 2 aliphatic rings. The third kappa shape index (κ3) is 3.85. The first kappa shape index (κ1) is 21.5. The minimum Gasteiger partial charge on any atom is -0.308 e. The zero-order valence-electron chi connectivity index (χ0n) is 18.2. The molecule has 0 radical (unpaired) electrons. The van der Waals surface area contributed by atoms with Gasteiger partial charge in [0.1, 0.15) is 0 Å². The summed E-state index contributed by atoms with van der Waals surface area (Å²) in [6.07, 6.45) is 1.83. The molecule has 0 N–H and O–H groups in total. The van der Waals surface area contributed by atoms with E-state index in [1.165, 1.54) is 25.3 Å². The Morgan fingerprint density at radius 3 is 2.13 bits per heavy atom. The smallest absolute Gasteiger partial charge is 0.242 e. The highest BCUT2D eigenvalue weighted by molar-refractivity contribution is 7.89. The van der Waals surface area contributed by atoms with Crippen molar-refractivity contribution in [2.24, 2.45) is 5.92 Å². The molecule has 1 unspecified atom stereocenters. The Hall–Kier alpha value is -2.71. The monoisotopic (exact) mass is 441 g/mol. The van der Waals surface area contributed by atoms with Crippen LogP contribution in [0.25, 0.3) is 11.1 Å². The van der Waals surface area contributed by atoms with Crippen LogP contribution in [-0.2, 0) is 19.6 Å². The number of hydrogen-bond acceptors (Lipinski definition) is 4. The second-order valence-corrected chi connectivity index (χ2v) is 10.6. The summed E-state index contributed by atoms with van der Waals surface area (Å²) in [5.41, 5.74) is 3.16. The fourth-order valence-electron chi connectivity index (χ4n) is 4.07. The van der Waals surface area contributed by atoms with Gasteiger partial charge in [0.15, 0.2) is 0 Å². The van der Waals surface area contributed by atoms with Crippen LogP contribution < -0.4 is 9.80 Å². The maximum Gasteiger partial charge on any atom is 0.242 e. The van der Waals surface area contributed by atoms with E-state index in [1.807, 2.05) is 30.0 Å². The number of fused-ring (bicyclic) bond motifs is 1. The largest absolute Gasteiger partial charge is 0.308 e. The molecular formula is C23H27N3O4S. The van der Waals surface area contributed by atoms with Crippen LogP contribution in [0, 0.1) is 5.92 Å². The van der Waals surface area contributed by atoms with Gasteiger partial charge in [-0.25, -0.2) is 12.7 Å². The Kier molecular flexibility index (Phi) is 5.39. The number of nitrogens with zero attached hydrogens (tertiary/aromatic N) is 3. The van der Waals surface area contributed by atoms with Crippen LogP contribution in [0.3, 0.4) is 0 Å². The Morgan fingerprint density at radius 1 is 0.968 bits per heavy atom. The van der Waals surface area contributed by atoms with E-state index in [0.29, 0.717) is 6.54 Å². The zero-order chi connectivity index (χ0) is 22.5. The molecule has 0 saturated heterocycles. The number of carbonyl (C=O) groups excluding carboxylic acids is 2. The van der Waals surface area contributed by atoms with E-state index in [2.05, 4.69) is 0 Å². The molecule has 1 fully saturated rings. The van der Waals surface area contributed by atoms with Crippen LogP contribution in [0.1, 0.15) is 26.7 Å². The molecule has 0 aromatic heterocycles. The summed E-state index contributed by atoms with van der Waals surface area (Å²) < 4.78 is 25.8. The first-order valence-corrected chi connectivity index (χ1v) is 11.8. The van der Waals surface area contributed by atoms with Crippen LogP contribution >= 0.6 is 0 Å². The first-order valence-electron chi connectivity index (χ1n) is 10.4. The van der Waals surface area contributed by atoms with Crippen LogP contribution in [0.5, 0.6) is 0 Å². The molecule has 4 rings (SSSR count). The molecular weight excluding hydrogens is 414 g/mol. The number of rotatable bonds is 4. The molecule has 8 heteroatoms. The van der Waals surface area contributed by atoms with Crippen molar-refractivity contribution >= 4 is 33.2 Å². The summed E-state index contributed by atoms with van der Waals surface area (Å²) in [7, 11) is -0.500. The fourth-order valence-corrected chi connectivity index (χ4v) is 4.98. The van der Waals surface area contributed by atoms with Gasteiger partial charge in [-0.15, -0.1) is 0 Å². The van der Waals surface area contributed by atoms with Crippen LogP contribution in [0.15, 0.2) is 47.4 Å². The predicted octanol–water partition coefficient (Wildman–Crippen LogP) is 3.10. The van der Waals surface area contributed by atoms with Crippen molar-refractivity contribution in [1.82, 2.24) is 4.31 Å². The highest BCUT2D eigenvalue weighted by atomic mass is 32.2. The molecule has 164 valence electrons. The summed E-state index contributed by atoms with van der Waals surface area (Å²) >= 11 is 0. The topological polar surface area (TPSA) is 78.0 Å². The first-order chi connectivity index (χ1) is 14.6. The average Bonchev–Trinajstić information content (AvgIpc) is 3.57. The molecule has 2 amide bonds. The lowest BCUT2D eigenvalue weighted by atomic mass is 10.00. The molecule has 0 spiro atoms. The number of carbonyl (C=O) groups is 2. The standard InChI is InChI=1S/C23H27N3O4S/c1-15-14-25(23(28)18-5-6-18)22-13-19(9-12-21(22)26(15)16(2)27)17-7-10-20(11-8-17)31(29,30)24(3)4/h7-13,15,18H,5-6,14H2,1-4H3. The molecule has 1 aliphatic carbocycles.